The Bertz CT molecular complexity index is 396. The summed E-state index contributed by atoms with van der Waals surface area (Å²) in [4.78, 5) is 12.3. The van der Waals surface area contributed by atoms with Gasteiger partial charge in [0.15, 0.2) is 5.78 Å². The number of rotatable bonds is 2. The van der Waals surface area contributed by atoms with Crippen LogP contribution in [0.3, 0.4) is 0 Å². The Kier molecular flexibility index (Phi) is 3.57. The molecule has 0 amide bonds. The van der Waals surface area contributed by atoms with Gasteiger partial charge >= 0.3 is 0 Å². The van der Waals surface area contributed by atoms with Crippen molar-refractivity contribution in [2.45, 2.75) is 41.5 Å². The molecule has 0 heterocycles. The van der Waals surface area contributed by atoms with Crippen LogP contribution < -0.4 is 0 Å². The van der Waals surface area contributed by atoms with Crippen molar-refractivity contribution in [2.75, 3.05) is 0 Å². The molecule has 0 N–H and O–H groups in total. The third-order valence-corrected chi connectivity index (χ3v) is 3.48. The van der Waals surface area contributed by atoms with Crippen molar-refractivity contribution in [1.82, 2.24) is 0 Å². The zero-order valence-corrected chi connectivity index (χ0v) is 11.2. The molecule has 1 unspecified atom stereocenters. The molecule has 0 saturated carbocycles. The molecule has 0 aliphatic carbocycles. The number of carbonyl (C=O) groups is 1. The first-order valence-electron chi connectivity index (χ1n) is 5.85. The minimum atomic E-state index is 0.0237. The third-order valence-electron chi connectivity index (χ3n) is 3.48. The second-order valence-electron chi connectivity index (χ2n) is 5.75. The van der Waals surface area contributed by atoms with E-state index in [1.165, 1.54) is 11.1 Å². The Balaban J connectivity index is 3.02. The van der Waals surface area contributed by atoms with E-state index in [4.69, 9.17) is 0 Å². The highest BCUT2D eigenvalue weighted by Crippen LogP contribution is 2.28. The second kappa shape index (κ2) is 4.40. The molecule has 1 aromatic rings. The summed E-state index contributed by atoms with van der Waals surface area (Å²) >= 11 is 0. The number of carbonyl (C=O) groups excluding carboxylic acids is 1. The lowest BCUT2D eigenvalue weighted by Crippen LogP contribution is -2.25. The van der Waals surface area contributed by atoms with Crippen molar-refractivity contribution in [3.8, 4) is 0 Å². The molecule has 88 valence electrons. The van der Waals surface area contributed by atoms with E-state index in [0.717, 1.165) is 5.56 Å². The molecular formula is C15H22O. The van der Waals surface area contributed by atoms with Crippen molar-refractivity contribution >= 4 is 5.78 Å². The minimum Gasteiger partial charge on any atom is -0.294 e. The molecule has 16 heavy (non-hydrogen) atoms. The predicted molar refractivity (Wildman–Crippen MR) is 68.9 cm³/mol. The maximum Gasteiger partial charge on any atom is 0.166 e. The van der Waals surface area contributed by atoms with Crippen molar-refractivity contribution in [3.05, 3.63) is 34.9 Å². The molecule has 0 aliphatic rings. The summed E-state index contributed by atoms with van der Waals surface area (Å²) in [6.07, 6.45) is 0. The van der Waals surface area contributed by atoms with Crippen LogP contribution in [0.5, 0.6) is 0 Å². The Morgan fingerprint density at radius 2 is 1.69 bits per heavy atom. The van der Waals surface area contributed by atoms with Crippen molar-refractivity contribution in [2.24, 2.45) is 11.3 Å². The molecule has 0 spiro atoms. The van der Waals surface area contributed by atoms with Crippen LogP contribution in [0.25, 0.3) is 0 Å². The lowest BCUT2D eigenvalue weighted by molar-refractivity contribution is 0.0839. The predicted octanol–water partition coefficient (Wildman–Crippen LogP) is 4.17. The van der Waals surface area contributed by atoms with E-state index < -0.39 is 0 Å². The normalized spacial score (nSPS) is 13.6. The van der Waals surface area contributed by atoms with Gasteiger partial charge in [-0.25, -0.2) is 0 Å². The Hall–Kier alpha value is -1.11. The van der Waals surface area contributed by atoms with Crippen LogP contribution in [-0.4, -0.2) is 5.78 Å². The van der Waals surface area contributed by atoms with Crippen LogP contribution in [0.2, 0.25) is 0 Å². The average molecular weight is 218 g/mol. The number of ketones is 1. The van der Waals surface area contributed by atoms with Gasteiger partial charge in [0.05, 0.1) is 0 Å². The van der Waals surface area contributed by atoms with Gasteiger partial charge in [-0.1, -0.05) is 39.8 Å². The highest BCUT2D eigenvalue weighted by atomic mass is 16.1. The molecular weight excluding hydrogens is 196 g/mol. The van der Waals surface area contributed by atoms with Crippen LogP contribution in [0, 0.1) is 25.2 Å². The minimum absolute atomic E-state index is 0.0237. The van der Waals surface area contributed by atoms with Crippen LogP contribution in [0.15, 0.2) is 18.2 Å². The van der Waals surface area contributed by atoms with Crippen LogP contribution in [0.4, 0.5) is 0 Å². The number of Topliss-reactive ketones (excluding diaryl/α,β-unsaturated/α-hetero) is 1. The zero-order valence-electron chi connectivity index (χ0n) is 11.2. The smallest absolute Gasteiger partial charge is 0.166 e. The first kappa shape index (κ1) is 13.0. The molecule has 1 heteroatoms. The fraction of sp³-hybridized carbons (Fsp3) is 0.533. The third kappa shape index (κ3) is 2.72. The van der Waals surface area contributed by atoms with Gasteiger partial charge in [0.25, 0.3) is 0 Å². The van der Waals surface area contributed by atoms with Crippen molar-refractivity contribution in [1.29, 1.82) is 0 Å². The lowest BCUT2D eigenvalue weighted by atomic mass is 9.77. The van der Waals surface area contributed by atoms with Crippen molar-refractivity contribution < 1.29 is 4.79 Å². The van der Waals surface area contributed by atoms with Gasteiger partial charge in [-0.15, -0.1) is 0 Å². The summed E-state index contributed by atoms with van der Waals surface area (Å²) in [5.74, 6) is 0.296. The molecule has 0 aliphatic heterocycles. The molecule has 1 rings (SSSR count). The van der Waals surface area contributed by atoms with Gasteiger partial charge in [-0.2, -0.15) is 0 Å². The number of hydrogen-bond acceptors (Lipinski definition) is 1. The number of aryl methyl sites for hydroxylation is 2. The summed E-state index contributed by atoms with van der Waals surface area (Å²) in [6.45, 7) is 12.5. The Morgan fingerprint density at radius 3 is 2.12 bits per heavy atom. The van der Waals surface area contributed by atoms with Gasteiger partial charge < -0.3 is 0 Å². The van der Waals surface area contributed by atoms with E-state index in [-0.39, 0.29) is 17.1 Å². The first-order valence-corrected chi connectivity index (χ1v) is 5.85. The van der Waals surface area contributed by atoms with E-state index in [1.54, 1.807) is 0 Å². The molecule has 0 saturated heterocycles. The molecule has 0 radical (unpaired) electrons. The van der Waals surface area contributed by atoms with E-state index in [9.17, 15) is 4.79 Å². The van der Waals surface area contributed by atoms with Crippen LogP contribution in [-0.2, 0) is 0 Å². The van der Waals surface area contributed by atoms with E-state index in [2.05, 4.69) is 27.7 Å². The van der Waals surface area contributed by atoms with Crippen LogP contribution >= 0.6 is 0 Å². The van der Waals surface area contributed by atoms with E-state index in [1.807, 2.05) is 32.0 Å². The Morgan fingerprint density at radius 1 is 1.12 bits per heavy atom. The molecule has 1 nitrogen and oxygen atoms in total. The van der Waals surface area contributed by atoms with Gasteiger partial charge in [0, 0.05) is 11.5 Å². The second-order valence-corrected chi connectivity index (χ2v) is 5.75. The largest absolute Gasteiger partial charge is 0.294 e. The lowest BCUT2D eigenvalue weighted by Gasteiger charge is -2.26. The summed E-state index contributed by atoms with van der Waals surface area (Å²) in [7, 11) is 0. The van der Waals surface area contributed by atoms with Gasteiger partial charge in [0.2, 0.25) is 0 Å². The molecule has 0 aromatic heterocycles. The molecule has 0 fully saturated rings. The molecule has 0 bridgehead atoms. The molecule has 1 atom stereocenters. The van der Waals surface area contributed by atoms with Gasteiger partial charge in [-0.05, 0) is 36.5 Å². The van der Waals surface area contributed by atoms with Crippen molar-refractivity contribution in [3.63, 3.8) is 0 Å². The zero-order chi connectivity index (χ0) is 12.5. The maximum absolute atomic E-state index is 12.3. The Labute approximate surface area is 98.9 Å². The first-order chi connectivity index (χ1) is 7.23. The monoisotopic (exact) mass is 218 g/mol. The maximum atomic E-state index is 12.3. The summed E-state index contributed by atoms with van der Waals surface area (Å²) in [5, 5.41) is 0. The SMILES string of the molecule is Cc1ccc(C(=O)C(C)C(C)(C)C)cc1C. The fourth-order valence-corrected chi connectivity index (χ4v) is 1.54. The average Bonchev–Trinajstić information content (AvgIpc) is 2.18. The topological polar surface area (TPSA) is 17.1 Å². The number of benzene rings is 1. The standard InChI is InChI=1S/C15H22O/c1-10-7-8-13(9-11(10)2)14(16)12(3)15(4,5)6/h7-9,12H,1-6H3. The molecule has 1 aromatic carbocycles. The highest BCUT2D eigenvalue weighted by molar-refractivity contribution is 5.98. The van der Waals surface area contributed by atoms with Crippen LogP contribution in [0.1, 0.15) is 49.2 Å². The summed E-state index contributed by atoms with van der Waals surface area (Å²) < 4.78 is 0. The van der Waals surface area contributed by atoms with Gasteiger partial charge in [0.1, 0.15) is 0 Å². The van der Waals surface area contributed by atoms with E-state index >= 15 is 0 Å². The number of hydrogen-bond donors (Lipinski definition) is 0. The summed E-state index contributed by atoms with van der Waals surface area (Å²) in [6, 6.07) is 5.96. The quantitative estimate of drug-likeness (QED) is 0.681. The van der Waals surface area contributed by atoms with Gasteiger partial charge in [-0.3, -0.25) is 4.79 Å². The highest BCUT2D eigenvalue weighted by Gasteiger charge is 2.27. The fourth-order valence-electron chi connectivity index (χ4n) is 1.54. The van der Waals surface area contributed by atoms with E-state index in [0.29, 0.717) is 0 Å². The summed E-state index contributed by atoms with van der Waals surface area (Å²) in [5.41, 5.74) is 3.29.